The van der Waals surface area contributed by atoms with Crippen LogP contribution in [-0.4, -0.2) is 120 Å². The topological polar surface area (TPSA) is 209 Å². The number of rotatable bonds is 11. The number of hydrogen-bond acceptors (Lipinski definition) is 14. The van der Waals surface area contributed by atoms with Crippen LogP contribution < -0.4 is 41.4 Å². The van der Waals surface area contributed by atoms with Crippen LogP contribution in [0.25, 0.3) is 10.9 Å². The van der Waals surface area contributed by atoms with E-state index in [9.17, 15) is 28.8 Å². The van der Waals surface area contributed by atoms with E-state index in [0.717, 1.165) is 92.1 Å². The molecule has 4 saturated heterocycles. The van der Waals surface area contributed by atoms with Crippen molar-refractivity contribution in [2.45, 2.75) is 95.9 Å². The lowest BCUT2D eigenvalue weighted by Gasteiger charge is -2.49. The molecule has 2 aromatic carbocycles. The van der Waals surface area contributed by atoms with Crippen LogP contribution in [-0.2, 0) is 19.1 Å². The smallest absolute Gasteiger partial charge is 0.293 e. The molecule has 6 aliphatic rings. The number of amides is 5. The summed E-state index contributed by atoms with van der Waals surface area (Å²) < 4.78 is 13.4. The van der Waals surface area contributed by atoms with Gasteiger partial charge in [-0.15, -0.1) is 0 Å². The fraction of sp³-hybridized carbons (Fsp3) is 0.500. The molecule has 7 heterocycles. The van der Waals surface area contributed by atoms with Crippen molar-refractivity contribution in [3.8, 4) is 5.75 Å². The first-order chi connectivity index (χ1) is 32.3. The molecule has 2 aromatic heterocycles. The number of piperidine rings is 3. The van der Waals surface area contributed by atoms with Gasteiger partial charge in [0.25, 0.3) is 23.3 Å². The Bertz CT molecular complexity index is 2650. The average molecular weight is 937 g/mol. The molecule has 5 fully saturated rings. The highest BCUT2D eigenvalue weighted by Crippen LogP contribution is 2.38. The number of hydrogen-bond donors (Lipinski definition) is 4. The number of carbonyl (C=O) groups excluding carboxylic acids is 5. The Morgan fingerprint density at radius 2 is 1.63 bits per heavy atom. The van der Waals surface area contributed by atoms with Gasteiger partial charge in [-0.25, -0.2) is 4.98 Å². The molecule has 18 nitrogen and oxygen atoms in total. The summed E-state index contributed by atoms with van der Waals surface area (Å²) in [6.07, 6.45) is 10.5. The average Bonchev–Trinajstić information content (AvgIpc) is 3.54. The summed E-state index contributed by atoms with van der Waals surface area (Å²) >= 11 is 6.47. The Labute approximate surface area is 393 Å². The van der Waals surface area contributed by atoms with Gasteiger partial charge in [-0.2, -0.15) is 4.98 Å². The van der Waals surface area contributed by atoms with E-state index in [1.165, 1.54) is 26.3 Å². The molecule has 1 aliphatic carbocycles. The molecular weight excluding hydrogens is 880 g/mol. The standard InChI is InChI=1S/C28H35ClN6O4.C20H22N4O4/c1-17(2)35-23-8-7-19(13-18(23)14-24(27(35)37)38-16-25(36)30-3)32-26-22(29)15-31-28(33-26)34-11-9-21(10-12-34)39-20-5-4-6-20;25-16-4-3-15(17(26)22-16)24-18(27)13-2-1-12(9-14(13)19(24)28)23-7-5-20(6-8-23)10-21-11-20/h7-8,13-15,17,20-21H,4-6,9-12,16H2,1-3H3,(H,30,36)(H,31,32,33);1-2,9,15,21H,3-8,10-11H2,(H,22,25,26). The monoisotopic (exact) mass is 936 g/mol. The zero-order valence-corrected chi connectivity index (χ0v) is 38.8. The SMILES string of the molecule is CNC(=O)COc1cc2cc(Nc3nc(N4CCC(OC5CCC5)CC4)ncc3Cl)ccc2n(C(C)C)c1=O.O=C1CCC(N2C(=O)c3ccc(N4CCC5(CC4)CNC5)cc3C2=O)C(=O)N1. The maximum Gasteiger partial charge on any atom is 0.293 e. The normalized spacial score (nSPS) is 20.6. The van der Waals surface area contributed by atoms with Gasteiger partial charge < -0.3 is 39.8 Å². The number of anilines is 4. The minimum Gasteiger partial charge on any atom is -0.478 e. The number of nitrogens with zero attached hydrogens (tertiary/aromatic N) is 6. The molecule has 4 aromatic rings. The first kappa shape index (κ1) is 46.0. The fourth-order valence-corrected chi connectivity index (χ4v) is 9.80. The van der Waals surface area contributed by atoms with Crippen molar-refractivity contribution in [1.29, 1.82) is 0 Å². The van der Waals surface area contributed by atoms with Crippen molar-refractivity contribution in [3.05, 3.63) is 75.2 Å². The highest BCUT2D eigenvalue weighted by molar-refractivity contribution is 6.33. The van der Waals surface area contributed by atoms with Crippen LogP contribution in [0.5, 0.6) is 5.75 Å². The van der Waals surface area contributed by atoms with Crippen LogP contribution in [0, 0.1) is 5.41 Å². The molecule has 4 N–H and O–H groups in total. The van der Waals surface area contributed by atoms with Gasteiger partial charge in [-0.3, -0.25) is 39.0 Å². The molecule has 67 heavy (non-hydrogen) atoms. The van der Waals surface area contributed by atoms with Crippen molar-refractivity contribution in [3.63, 3.8) is 0 Å². The molecule has 19 heteroatoms. The number of carbonyl (C=O) groups is 5. The third-order valence-electron chi connectivity index (χ3n) is 13.9. The summed E-state index contributed by atoms with van der Waals surface area (Å²) in [5.41, 5.74) is 3.26. The van der Waals surface area contributed by atoms with Crippen LogP contribution in [0.15, 0.2) is 53.5 Å². The van der Waals surface area contributed by atoms with Crippen molar-refractivity contribution in [1.82, 2.24) is 35.4 Å². The van der Waals surface area contributed by atoms with Gasteiger partial charge in [0.1, 0.15) is 11.1 Å². The van der Waals surface area contributed by atoms with Gasteiger partial charge in [-0.05, 0) is 113 Å². The van der Waals surface area contributed by atoms with E-state index in [0.29, 0.717) is 45.5 Å². The van der Waals surface area contributed by atoms with Crippen LogP contribution in [0.3, 0.4) is 0 Å². The van der Waals surface area contributed by atoms with Crippen LogP contribution in [0.4, 0.5) is 23.1 Å². The van der Waals surface area contributed by atoms with Crippen molar-refractivity contribution < 1.29 is 33.4 Å². The number of benzene rings is 2. The minimum atomic E-state index is -0.922. The Balaban J connectivity index is 0.000000177. The maximum atomic E-state index is 13.1. The Morgan fingerprint density at radius 3 is 2.28 bits per heavy atom. The molecular formula is C48H57ClN10O8. The third kappa shape index (κ3) is 9.56. The zero-order valence-electron chi connectivity index (χ0n) is 38.1. The second-order valence-electron chi connectivity index (χ2n) is 18.6. The highest BCUT2D eigenvalue weighted by atomic mass is 35.5. The van der Waals surface area contributed by atoms with E-state index in [2.05, 4.69) is 36.1 Å². The van der Waals surface area contributed by atoms with Gasteiger partial charge in [-0.1, -0.05) is 11.6 Å². The molecule has 354 valence electrons. The number of nitrogens with one attached hydrogen (secondary N) is 4. The lowest BCUT2D eigenvalue weighted by molar-refractivity contribution is -0.136. The van der Waals surface area contributed by atoms with E-state index < -0.39 is 23.8 Å². The first-order valence-electron chi connectivity index (χ1n) is 23.3. The lowest BCUT2D eigenvalue weighted by atomic mass is 9.73. The van der Waals surface area contributed by atoms with Gasteiger partial charge in [0.2, 0.25) is 17.8 Å². The second-order valence-corrected chi connectivity index (χ2v) is 19.1. The Kier molecular flexibility index (Phi) is 13.2. The summed E-state index contributed by atoms with van der Waals surface area (Å²) in [7, 11) is 1.52. The predicted molar refractivity (Wildman–Crippen MR) is 252 cm³/mol. The molecule has 5 amide bonds. The number of ether oxygens (including phenoxy) is 2. The van der Waals surface area contributed by atoms with Crippen molar-refractivity contribution in [2.75, 3.05) is 68.0 Å². The number of likely N-dealkylation sites (N-methyl/N-ethyl adjacent to an activating group) is 1. The maximum absolute atomic E-state index is 13.1. The molecule has 1 saturated carbocycles. The Hall–Kier alpha value is -6.11. The summed E-state index contributed by atoms with van der Waals surface area (Å²) in [4.78, 5) is 88.6. The van der Waals surface area contributed by atoms with E-state index in [1.807, 2.05) is 38.1 Å². The number of imide groups is 2. The number of halogens is 1. The van der Waals surface area contributed by atoms with E-state index in [-0.39, 0.29) is 48.6 Å². The molecule has 10 rings (SSSR count). The summed E-state index contributed by atoms with van der Waals surface area (Å²) in [5.74, 6) is -0.932. The third-order valence-corrected chi connectivity index (χ3v) is 14.2. The lowest BCUT2D eigenvalue weighted by Crippen LogP contribution is -2.58. The Morgan fingerprint density at radius 1 is 0.896 bits per heavy atom. The molecule has 1 spiro atoms. The molecule has 0 radical (unpaired) electrons. The molecule has 1 unspecified atom stereocenters. The summed E-state index contributed by atoms with van der Waals surface area (Å²) in [6.45, 7) is 9.31. The van der Waals surface area contributed by atoms with Gasteiger partial charge in [0, 0.05) is 75.5 Å². The van der Waals surface area contributed by atoms with Crippen LogP contribution >= 0.6 is 11.6 Å². The largest absolute Gasteiger partial charge is 0.478 e. The number of fused-ring (bicyclic) bond motifs is 2. The van der Waals surface area contributed by atoms with E-state index in [1.54, 1.807) is 29.0 Å². The minimum absolute atomic E-state index is 0.107. The summed E-state index contributed by atoms with van der Waals surface area (Å²) in [5, 5.41) is 12.6. The molecule has 1 atom stereocenters. The second kappa shape index (κ2) is 19.2. The fourth-order valence-electron chi connectivity index (χ4n) is 9.66. The van der Waals surface area contributed by atoms with Crippen molar-refractivity contribution in [2.24, 2.45) is 5.41 Å². The quantitative estimate of drug-likeness (QED) is 0.150. The van der Waals surface area contributed by atoms with Crippen LogP contribution in [0.1, 0.15) is 98.4 Å². The highest BCUT2D eigenvalue weighted by Gasteiger charge is 2.45. The number of pyridine rings is 1. The summed E-state index contributed by atoms with van der Waals surface area (Å²) in [6, 6.07) is 11.6. The first-order valence-corrected chi connectivity index (χ1v) is 23.7. The predicted octanol–water partition coefficient (Wildman–Crippen LogP) is 4.71. The number of aromatic nitrogens is 3. The zero-order chi connectivity index (χ0) is 47.0. The van der Waals surface area contributed by atoms with E-state index in [4.69, 9.17) is 26.1 Å². The van der Waals surface area contributed by atoms with Gasteiger partial charge >= 0.3 is 0 Å². The van der Waals surface area contributed by atoms with Crippen LogP contribution in [0.2, 0.25) is 5.02 Å². The van der Waals surface area contributed by atoms with Gasteiger partial charge in [0.05, 0.1) is 35.0 Å². The molecule has 5 aliphatic heterocycles. The van der Waals surface area contributed by atoms with Crippen molar-refractivity contribution >= 4 is 75.2 Å². The van der Waals surface area contributed by atoms with E-state index >= 15 is 0 Å². The van der Waals surface area contributed by atoms with Gasteiger partial charge in [0.15, 0.2) is 18.2 Å². The molecule has 0 bridgehead atoms.